The lowest BCUT2D eigenvalue weighted by molar-refractivity contribution is -0.141. The molecule has 0 unspecified atom stereocenters. The predicted octanol–water partition coefficient (Wildman–Crippen LogP) is 2.97. The van der Waals surface area contributed by atoms with Gasteiger partial charge in [0.25, 0.3) is 5.91 Å². The molecule has 8 heteroatoms. The lowest BCUT2D eigenvalue weighted by Crippen LogP contribution is -2.42. The molecule has 23 heavy (non-hydrogen) atoms. The third-order valence-electron chi connectivity index (χ3n) is 4.49. The van der Waals surface area contributed by atoms with Gasteiger partial charge in [-0.25, -0.2) is 4.98 Å². The van der Waals surface area contributed by atoms with Crippen molar-refractivity contribution in [3.05, 3.63) is 28.5 Å². The van der Waals surface area contributed by atoms with Crippen LogP contribution in [0.25, 0.3) is 0 Å². The van der Waals surface area contributed by atoms with Gasteiger partial charge in [0, 0.05) is 12.6 Å². The first-order valence-corrected chi connectivity index (χ1v) is 7.97. The van der Waals surface area contributed by atoms with Gasteiger partial charge >= 0.3 is 6.18 Å². The number of alkyl halides is 3. The summed E-state index contributed by atoms with van der Waals surface area (Å²) in [4.78, 5) is 17.9. The van der Waals surface area contributed by atoms with Gasteiger partial charge in [-0.05, 0) is 50.4 Å². The van der Waals surface area contributed by atoms with Crippen LogP contribution < -0.4 is 5.32 Å². The topological polar surface area (TPSA) is 45.2 Å². The van der Waals surface area contributed by atoms with E-state index in [9.17, 15) is 18.0 Å². The number of nitrogens with zero attached hydrogens (tertiary/aromatic N) is 2. The van der Waals surface area contributed by atoms with Crippen molar-refractivity contribution in [1.29, 1.82) is 0 Å². The zero-order chi connectivity index (χ0) is 16.6. The number of carbonyl (C=O) groups excluding carboxylic acids is 1. The second-order valence-electron chi connectivity index (χ2n) is 6.17. The van der Waals surface area contributed by atoms with Crippen LogP contribution in [-0.2, 0) is 6.18 Å². The maximum Gasteiger partial charge on any atom is 0.434 e. The molecule has 4 rings (SSSR count). The molecule has 1 atom stereocenters. The zero-order valence-corrected chi connectivity index (χ0v) is 13.1. The lowest BCUT2D eigenvalue weighted by atomic mass is 9.94. The van der Waals surface area contributed by atoms with Crippen molar-refractivity contribution >= 4 is 17.5 Å². The summed E-state index contributed by atoms with van der Waals surface area (Å²) >= 11 is 5.52. The summed E-state index contributed by atoms with van der Waals surface area (Å²) < 4.78 is 38.5. The molecule has 2 bridgehead atoms. The van der Waals surface area contributed by atoms with Crippen LogP contribution in [0, 0.1) is 5.92 Å². The van der Waals surface area contributed by atoms with Crippen molar-refractivity contribution in [3.8, 4) is 0 Å². The molecule has 3 aliphatic heterocycles. The molecule has 0 saturated carbocycles. The summed E-state index contributed by atoms with van der Waals surface area (Å²) in [5, 5.41) is 2.31. The van der Waals surface area contributed by atoms with Gasteiger partial charge in [0.15, 0.2) is 5.69 Å². The second kappa shape index (κ2) is 6.28. The number of hydrogen-bond acceptors (Lipinski definition) is 3. The fourth-order valence-corrected chi connectivity index (χ4v) is 3.54. The molecular weight excluding hydrogens is 331 g/mol. The van der Waals surface area contributed by atoms with Gasteiger partial charge in [-0.15, -0.1) is 0 Å². The van der Waals surface area contributed by atoms with Crippen molar-refractivity contribution in [2.75, 3.05) is 19.6 Å². The van der Waals surface area contributed by atoms with Gasteiger partial charge in [0.05, 0.1) is 5.02 Å². The van der Waals surface area contributed by atoms with Gasteiger partial charge in [-0.2, -0.15) is 13.2 Å². The van der Waals surface area contributed by atoms with Gasteiger partial charge in [0.1, 0.15) is 5.69 Å². The average molecular weight is 348 g/mol. The van der Waals surface area contributed by atoms with Crippen LogP contribution in [0.5, 0.6) is 0 Å². The summed E-state index contributed by atoms with van der Waals surface area (Å²) in [5.74, 6) is -0.0115. The van der Waals surface area contributed by atoms with E-state index in [1.54, 1.807) is 0 Å². The van der Waals surface area contributed by atoms with Crippen molar-refractivity contribution in [3.63, 3.8) is 0 Å². The summed E-state index contributed by atoms with van der Waals surface area (Å²) in [6.45, 7) is 2.78. The minimum atomic E-state index is -4.68. The number of pyridine rings is 1. The Hall–Kier alpha value is -1.34. The first-order valence-electron chi connectivity index (χ1n) is 7.60. The average Bonchev–Trinajstić information content (AvgIpc) is 2.78. The predicted molar refractivity (Wildman–Crippen MR) is 79.3 cm³/mol. The highest BCUT2D eigenvalue weighted by Gasteiger charge is 2.36. The summed E-state index contributed by atoms with van der Waals surface area (Å²) in [7, 11) is 0. The Morgan fingerprint density at radius 3 is 2.65 bits per heavy atom. The summed E-state index contributed by atoms with van der Waals surface area (Å²) in [5.41, 5.74) is -1.48. The number of hydrogen-bond donors (Lipinski definition) is 1. The van der Waals surface area contributed by atoms with E-state index in [4.69, 9.17) is 11.6 Å². The molecule has 126 valence electrons. The number of nitrogens with one attached hydrogen (secondary N) is 1. The maximum absolute atomic E-state index is 12.8. The number of amides is 1. The molecule has 0 aliphatic carbocycles. The van der Waals surface area contributed by atoms with Crippen LogP contribution in [0.3, 0.4) is 0 Å². The number of aromatic nitrogens is 1. The highest BCUT2D eigenvalue weighted by atomic mass is 35.5. The number of piperidine rings is 1. The number of rotatable bonds is 2. The second-order valence-corrected chi connectivity index (χ2v) is 6.58. The van der Waals surface area contributed by atoms with Crippen LogP contribution >= 0.6 is 11.6 Å². The first-order chi connectivity index (χ1) is 10.8. The fourth-order valence-electron chi connectivity index (χ4n) is 3.32. The molecule has 1 aromatic heterocycles. The molecule has 1 N–H and O–H groups in total. The smallest absolute Gasteiger partial charge is 0.347 e. The van der Waals surface area contributed by atoms with E-state index in [0.717, 1.165) is 45.0 Å². The Bertz CT molecular complexity index is 586. The third-order valence-corrected chi connectivity index (χ3v) is 4.79. The van der Waals surface area contributed by atoms with Gasteiger partial charge in [0.2, 0.25) is 0 Å². The molecule has 0 spiro atoms. The van der Waals surface area contributed by atoms with Crippen LogP contribution in [-0.4, -0.2) is 41.5 Å². The minimum Gasteiger partial charge on any atom is -0.347 e. The van der Waals surface area contributed by atoms with Crippen LogP contribution in [0.4, 0.5) is 13.2 Å². The standard InChI is InChI=1S/C15H17ClF3N3O/c16-11-1-2-12(21-13(11)15(17,18)19)14(23)20-10-7-9-3-5-22(8-10)6-4-9/h1-2,9-10H,3-8H2,(H,20,23)/t10-/m1/s1. The quantitative estimate of drug-likeness (QED) is 0.894. The van der Waals surface area contributed by atoms with Gasteiger partial charge < -0.3 is 10.2 Å². The molecule has 4 heterocycles. The maximum atomic E-state index is 12.8. The molecule has 0 radical (unpaired) electrons. The van der Waals surface area contributed by atoms with Gasteiger partial charge in [-0.1, -0.05) is 11.6 Å². The highest BCUT2D eigenvalue weighted by molar-refractivity contribution is 6.31. The van der Waals surface area contributed by atoms with E-state index in [2.05, 4.69) is 15.2 Å². The van der Waals surface area contributed by atoms with E-state index in [1.165, 1.54) is 6.07 Å². The van der Waals surface area contributed by atoms with E-state index < -0.39 is 22.8 Å². The van der Waals surface area contributed by atoms with Crippen LogP contribution in [0.15, 0.2) is 12.1 Å². The largest absolute Gasteiger partial charge is 0.434 e. The Morgan fingerprint density at radius 2 is 2.00 bits per heavy atom. The molecule has 1 amide bonds. The summed E-state index contributed by atoms with van der Waals surface area (Å²) in [6, 6.07) is 2.23. The highest BCUT2D eigenvalue weighted by Crippen LogP contribution is 2.33. The summed E-state index contributed by atoms with van der Waals surface area (Å²) in [6.07, 6.45) is -1.59. The number of halogens is 4. The van der Waals surface area contributed by atoms with Crippen LogP contribution in [0.2, 0.25) is 5.02 Å². The Morgan fingerprint density at radius 1 is 1.30 bits per heavy atom. The van der Waals surface area contributed by atoms with Crippen molar-refractivity contribution < 1.29 is 18.0 Å². The first kappa shape index (κ1) is 16.5. The fraction of sp³-hybridized carbons (Fsp3) is 0.600. The molecule has 0 aromatic carbocycles. The lowest BCUT2D eigenvalue weighted by Gasteiger charge is -2.26. The van der Waals surface area contributed by atoms with E-state index in [-0.39, 0.29) is 11.7 Å². The van der Waals surface area contributed by atoms with Crippen molar-refractivity contribution in [2.24, 2.45) is 5.92 Å². The van der Waals surface area contributed by atoms with E-state index in [0.29, 0.717) is 5.92 Å². The minimum absolute atomic E-state index is 0.0516. The normalized spacial score (nSPS) is 27.6. The van der Waals surface area contributed by atoms with E-state index in [1.807, 2.05) is 0 Å². The zero-order valence-electron chi connectivity index (χ0n) is 12.4. The molecule has 3 fully saturated rings. The van der Waals surface area contributed by atoms with Crippen molar-refractivity contribution in [1.82, 2.24) is 15.2 Å². The van der Waals surface area contributed by atoms with E-state index >= 15 is 0 Å². The third kappa shape index (κ3) is 3.77. The number of carbonyl (C=O) groups is 1. The monoisotopic (exact) mass is 347 g/mol. The Labute approximate surface area is 137 Å². The van der Waals surface area contributed by atoms with Crippen LogP contribution in [0.1, 0.15) is 35.4 Å². The molecule has 3 saturated heterocycles. The molecule has 3 aliphatic rings. The van der Waals surface area contributed by atoms with Crippen molar-refractivity contribution in [2.45, 2.75) is 31.5 Å². The Balaban J connectivity index is 1.73. The molecular formula is C15H17ClF3N3O. The molecule has 1 aromatic rings. The Kier molecular flexibility index (Phi) is 4.51. The number of fused-ring (bicyclic) bond motifs is 4. The SMILES string of the molecule is O=C(N[C@@H]1CC2CCN(CC2)C1)c1ccc(Cl)c(C(F)(F)F)n1. The van der Waals surface area contributed by atoms with Gasteiger partial charge in [-0.3, -0.25) is 4.79 Å². The molecule has 4 nitrogen and oxygen atoms in total.